The lowest BCUT2D eigenvalue weighted by molar-refractivity contribution is -0.0498. The number of halogens is 3. The number of ether oxygens (including phenoxy) is 1. The summed E-state index contributed by atoms with van der Waals surface area (Å²) in [4.78, 5) is 15.8. The third-order valence-electron chi connectivity index (χ3n) is 2.52. The Bertz CT molecular complexity index is 565. The van der Waals surface area contributed by atoms with Crippen LogP contribution in [0, 0.1) is 0 Å². The van der Waals surface area contributed by atoms with Gasteiger partial charge in [0.15, 0.2) is 0 Å². The molecule has 0 spiro atoms. The lowest BCUT2D eigenvalue weighted by Gasteiger charge is -2.07. The molecule has 1 N–H and O–H groups in total. The Balaban J connectivity index is 0.00000220. The van der Waals surface area contributed by atoms with Crippen molar-refractivity contribution in [1.82, 2.24) is 10.3 Å². The molecule has 1 aromatic carbocycles. The van der Waals surface area contributed by atoms with Gasteiger partial charge in [-0.1, -0.05) is 6.07 Å². The molecule has 0 saturated carbocycles. The second-order valence-electron chi connectivity index (χ2n) is 3.95. The fourth-order valence-corrected chi connectivity index (χ4v) is 1.57. The van der Waals surface area contributed by atoms with Crippen molar-refractivity contribution in [3.8, 4) is 5.75 Å². The highest BCUT2D eigenvalue weighted by Gasteiger charge is 2.07. The molecule has 2 aromatic rings. The lowest BCUT2D eigenvalue weighted by atomic mass is 10.2. The van der Waals surface area contributed by atoms with Crippen LogP contribution in [0.3, 0.4) is 0 Å². The molecule has 0 fully saturated rings. The summed E-state index contributed by atoms with van der Waals surface area (Å²) in [6.45, 7) is -2.53. The van der Waals surface area contributed by atoms with E-state index in [1.54, 1.807) is 18.5 Å². The van der Waals surface area contributed by atoms with Gasteiger partial charge < -0.3 is 22.5 Å². The Morgan fingerprint density at radius 1 is 1.24 bits per heavy atom. The number of benzene rings is 1. The summed E-state index contributed by atoms with van der Waals surface area (Å²) in [5.41, 5.74) is 1.24. The first kappa shape index (κ1) is 16.8. The molecule has 1 heterocycles. The average Bonchev–Trinajstić information content (AvgIpc) is 2.46. The molecule has 112 valence electrons. The minimum atomic E-state index is -2.87. The van der Waals surface area contributed by atoms with E-state index in [4.69, 9.17) is 0 Å². The van der Waals surface area contributed by atoms with E-state index in [1.807, 2.05) is 6.07 Å². The van der Waals surface area contributed by atoms with Gasteiger partial charge in [-0.2, -0.15) is 8.78 Å². The number of carbonyl (C=O) groups excluding carboxylic acids is 1. The van der Waals surface area contributed by atoms with Crippen molar-refractivity contribution in [1.29, 1.82) is 0 Å². The second-order valence-corrected chi connectivity index (χ2v) is 3.95. The Morgan fingerprint density at radius 2 is 1.95 bits per heavy atom. The van der Waals surface area contributed by atoms with Crippen molar-refractivity contribution in [2.24, 2.45) is 0 Å². The Hall–Kier alpha value is -2.21. The van der Waals surface area contributed by atoms with Crippen LogP contribution >= 0.6 is 0 Å². The number of nitrogens with one attached hydrogen (secondary N) is 1. The third-order valence-corrected chi connectivity index (χ3v) is 2.52. The Morgan fingerprint density at radius 3 is 2.52 bits per heavy atom. The maximum atomic E-state index is 12.0. The molecule has 0 saturated heterocycles. The second kappa shape index (κ2) is 8.16. The van der Waals surface area contributed by atoms with E-state index in [2.05, 4.69) is 15.0 Å². The molecule has 21 heavy (non-hydrogen) atoms. The first-order chi connectivity index (χ1) is 9.65. The highest BCUT2D eigenvalue weighted by molar-refractivity contribution is 5.94. The fraction of sp³-hybridized carbons (Fsp3) is 0.143. The summed E-state index contributed by atoms with van der Waals surface area (Å²) in [5, 5.41) is 2.71. The third kappa shape index (κ3) is 5.35. The van der Waals surface area contributed by atoms with Crippen LogP contribution in [-0.4, -0.2) is 17.5 Å². The molecule has 0 radical (unpaired) electrons. The molecule has 2 rings (SSSR count). The van der Waals surface area contributed by atoms with Crippen molar-refractivity contribution in [2.45, 2.75) is 13.2 Å². The van der Waals surface area contributed by atoms with Crippen LogP contribution in [0.4, 0.5) is 8.78 Å². The summed E-state index contributed by atoms with van der Waals surface area (Å²) in [7, 11) is 0. The Labute approximate surface area is 126 Å². The summed E-state index contributed by atoms with van der Waals surface area (Å²) < 4.78 is 28.2. The van der Waals surface area contributed by atoms with E-state index in [-0.39, 0.29) is 24.1 Å². The minimum Gasteiger partial charge on any atom is -1.00 e. The number of carbonyl (C=O) groups is 1. The van der Waals surface area contributed by atoms with Gasteiger partial charge in [0.1, 0.15) is 5.75 Å². The summed E-state index contributed by atoms with van der Waals surface area (Å²) in [6, 6.07) is 9.12. The minimum absolute atomic E-state index is 0. The van der Waals surface area contributed by atoms with E-state index in [1.165, 1.54) is 24.3 Å². The molecular formula is C14H12ClF2N2O2-. The van der Waals surface area contributed by atoms with E-state index in [0.717, 1.165) is 5.56 Å². The zero-order valence-corrected chi connectivity index (χ0v) is 11.6. The average molecular weight is 314 g/mol. The molecular weight excluding hydrogens is 302 g/mol. The van der Waals surface area contributed by atoms with Crippen LogP contribution < -0.4 is 22.5 Å². The monoisotopic (exact) mass is 313 g/mol. The molecule has 1 amide bonds. The van der Waals surface area contributed by atoms with Crippen LogP contribution in [0.15, 0.2) is 48.8 Å². The Kier molecular flexibility index (Phi) is 6.55. The number of pyridine rings is 1. The van der Waals surface area contributed by atoms with E-state index >= 15 is 0 Å². The quantitative estimate of drug-likeness (QED) is 0.818. The van der Waals surface area contributed by atoms with Crippen molar-refractivity contribution in [3.05, 3.63) is 59.9 Å². The zero-order valence-electron chi connectivity index (χ0n) is 10.8. The summed E-state index contributed by atoms with van der Waals surface area (Å²) in [5.74, 6) is -0.277. The largest absolute Gasteiger partial charge is 1.00 e. The zero-order chi connectivity index (χ0) is 14.4. The molecule has 0 aliphatic rings. The summed E-state index contributed by atoms with van der Waals surface area (Å²) in [6.07, 6.45) is 3.30. The molecule has 1 aromatic heterocycles. The fourth-order valence-electron chi connectivity index (χ4n) is 1.57. The highest BCUT2D eigenvalue weighted by Crippen LogP contribution is 2.14. The molecule has 0 atom stereocenters. The van der Waals surface area contributed by atoms with Crippen LogP contribution in [0.25, 0.3) is 0 Å². The first-order valence-corrected chi connectivity index (χ1v) is 5.87. The van der Waals surface area contributed by atoms with Crippen LogP contribution in [0.1, 0.15) is 15.9 Å². The van der Waals surface area contributed by atoms with Crippen LogP contribution in [-0.2, 0) is 6.54 Å². The van der Waals surface area contributed by atoms with Crippen molar-refractivity contribution < 1.29 is 30.7 Å². The number of hydrogen-bond acceptors (Lipinski definition) is 3. The van der Waals surface area contributed by atoms with Gasteiger partial charge in [0.05, 0.1) is 0 Å². The first-order valence-electron chi connectivity index (χ1n) is 5.87. The van der Waals surface area contributed by atoms with Gasteiger partial charge in [-0.25, -0.2) is 0 Å². The van der Waals surface area contributed by atoms with Crippen LogP contribution in [0.2, 0.25) is 0 Å². The number of amides is 1. The van der Waals surface area contributed by atoms with Gasteiger partial charge in [-0.3, -0.25) is 9.78 Å². The van der Waals surface area contributed by atoms with Gasteiger partial charge in [-0.15, -0.1) is 0 Å². The molecule has 0 aliphatic heterocycles. The van der Waals surface area contributed by atoms with Gasteiger partial charge in [0, 0.05) is 24.5 Å². The standard InChI is InChI=1S/C14H12F2N2O2.ClH/c15-14(16)20-12-5-3-11(4-6-12)13(19)18-9-10-2-1-7-17-8-10;/h1-8,14H,9H2,(H,18,19);1H/p-1. The van der Waals surface area contributed by atoms with Gasteiger partial charge in [0.2, 0.25) is 0 Å². The maximum absolute atomic E-state index is 12.0. The summed E-state index contributed by atoms with van der Waals surface area (Å²) >= 11 is 0. The number of hydrogen-bond donors (Lipinski definition) is 1. The SMILES string of the molecule is O=C(NCc1cccnc1)c1ccc(OC(F)F)cc1.[Cl-]. The van der Waals surface area contributed by atoms with E-state index in [9.17, 15) is 13.6 Å². The van der Waals surface area contributed by atoms with Crippen LogP contribution in [0.5, 0.6) is 5.75 Å². The predicted octanol–water partition coefficient (Wildman–Crippen LogP) is -0.383. The molecule has 7 heteroatoms. The van der Waals surface area contributed by atoms with Crippen molar-refractivity contribution in [3.63, 3.8) is 0 Å². The molecule has 0 bridgehead atoms. The van der Waals surface area contributed by atoms with Gasteiger partial charge in [0.25, 0.3) is 5.91 Å². The molecule has 4 nitrogen and oxygen atoms in total. The van der Waals surface area contributed by atoms with Gasteiger partial charge >= 0.3 is 6.61 Å². The maximum Gasteiger partial charge on any atom is 0.387 e. The topological polar surface area (TPSA) is 51.2 Å². The molecule has 0 aliphatic carbocycles. The number of nitrogens with zero attached hydrogens (tertiary/aromatic N) is 1. The number of aromatic nitrogens is 1. The number of alkyl halides is 2. The van der Waals surface area contributed by atoms with E-state index in [0.29, 0.717) is 12.1 Å². The predicted molar refractivity (Wildman–Crippen MR) is 68.5 cm³/mol. The lowest BCUT2D eigenvalue weighted by Crippen LogP contribution is -3.00. The highest BCUT2D eigenvalue weighted by atomic mass is 35.5. The normalized spacial score (nSPS) is 9.86. The number of rotatable bonds is 5. The van der Waals surface area contributed by atoms with Crippen molar-refractivity contribution in [2.75, 3.05) is 0 Å². The smallest absolute Gasteiger partial charge is 0.387 e. The van der Waals surface area contributed by atoms with E-state index < -0.39 is 6.61 Å². The van der Waals surface area contributed by atoms with Crippen molar-refractivity contribution >= 4 is 5.91 Å². The van der Waals surface area contributed by atoms with Gasteiger partial charge in [-0.05, 0) is 35.9 Å². The molecule has 0 unspecified atom stereocenters.